The van der Waals surface area contributed by atoms with Gasteiger partial charge in [0.1, 0.15) is 0 Å². The van der Waals surface area contributed by atoms with Crippen LogP contribution in [0, 0.1) is 5.92 Å². The van der Waals surface area contributed by atoms with E-state index in [1.807, 2.05) is 0 Å². The Hall–Kier alpha value is -2.92. The minimum atomic E-state index is -1.26. The Morgan fingerprint density at radius 3 is 1.79 bits per heavy atom. The van der Waals surface area contributed by atoms with Crippen LogP contribution in [0.2, 0.25) is 0 Å². The van der Waals surface area contributed by atoms with E-state index in [0.29, 0.717) is 18.1 Å². The van der Waals surface area contributed by atoms with Crippen LogP contribution in [-0.4, -0.2) is 28.7 Å². The molecule has 0 radical (unpaired) electrons. The molecule has 1 unspecified atom stereocenters. The second-order valence-electron chi connectivity index (χ2n) is 7.02. The minimum absolute atomic E-state index is 0.158. The van der Waals surface area contributed by atoms with Gasteiger partial charge < -0.3 is 15.9 Å². The molecule has 1 saturated carbocycles. The van der Waals surface area contributed by atoms with Crippen molar-refractivity contribution < 1.29 is 19.8 Å². The molecule has 0 saturated heterocycles. The van der Waals surface area contributed by atoms with Gasteiger partial charge in [-0.05, 0) is 42.9 Å². The molecule has 2 aromatic carbocycles. The summed E-state index contributed by atoms with van der Waals surface area (Å²) in [6.07, 6.45) is 6.07. The molecule has 2 aromatic rings. The standard InChI is InChI=1S/C19H23N.C4H4O4/c20-15-16-8-7-13-19(14-16,17-9-3-1-4-10-17)18-11-5-2-6-12-18;5-3(6)1-2-4(7)8/h1-6,9-12,16H,7-8,13-15,20H2;1-2H,(H,5,6)(H,7,8)/b;2-1-. The molecule has 0 bridgehead atoms. The van der Waals surface area contributed by atoms with E-state index >= 15 is 0 Å². The smallest absolute Gasteiger partial charge is 0.328 e. The lowest BCUT2D eigenvalue weighted by atomic mass is 9.62. The number of rotatable bonds is 5. The zero-order valence-corrected chi connectivity index (χ0v) is 15.8. The van der Waals surface area contributed by atoms with Crippen LogP contribution in [0.1, 0.15) is 36.8 Å². The van der Waals surface area contributed by atoms with E-state index < -0.39 is 11.9 Å². The highest BCUT2D eigenvalue weighted by Crippen LogP contribution is 2.46. The van der Waals surface area contributed by atoms with Gasteiger partial charge in [-0.1, -0.05) is 67.1 Å². The highest BCUT2D eigenvalue weighted by molar-refractivity contribution is 5.89. The van der Waals surface area contributed by atoms with Crippen molar-refractivity contribution >= 4 is 11.9 Å². The summed E-state index contributed by atoms with van der Waals surface area (Å²) >= 11 is 0. The Morgan fingerprint density at radius 1 is 0.929 bits per heavy atom. The van der Waals surface area contributed by atoms with Gasteiger partial charge >= 0.3 is 11.9 Å². The van der Waals surface area contributed by atoms with Crippen LogP contribution >= 0.6 is 0 Å². The van der Waals surface area contributed by atoms with E-state index in [1.165, 1.54) is 36.8 Å². The number of carbonyl (C=O) groups is 2. The number of hydrogen-bond acceptors (Lipinski definition) is 3. The molecule has 0 heterocycles. The van der Waals surface area contributed by atoms with E-state index in [0.717, 1.165) is 6.54 Å². The number of benzene rings is 2. The first-order valence-corrected chi connectivity index (χ1v) is 9.43. The molecule has 1 aliphatic carbocycles. The lowest BCUT2D eigenvalue weighted by Gasteiger charge is -2.42. The highest BCUT2D eigenvalue weighted by atomic mass is 16.4. The number of carboxylic acid groups (broad SMARTS) is 2. The van der Waals surface area contributed by atoms with Gasteiger partial charge in [-0.2, -0.15) is 0 Å². The number of aliphatic carboxylic acids is 2. The van der Waals surface area contributed by atoms with Gasteiger partial charge in [0.15, 0.2) is 0 Å². The van der Waals surface area contributed by atoms with Gasteiger partial charge in [-0.25, -0.2) is 9.59 Å². The minimum Gasteiger partial charge on any atom is -0.478 e. The molecule has 4 N–H and O–H groups in total. The molecule has 0 amide bonds. The summed E-state index contributed by atoms with van der Waals surface area (Å²) in [5.41, 5.74) is 9.04. The summed E-state index contributed by atoms with van der Waals surface area (Å²) in [4.78, 5) is 19.1. The maximum Gasteiger partial charge on any atom is 0.328 e. The predicted molar refractivity (Wildman–Crippen MR) is 109 cm³/mol. The van der Waals surface area contributed by atoms with E-state index in [-0.39, 0.29) is 5.41 Å². The number of carboxylic acids is 2. The average molecular weight is 381 g/mol. The Balaban J connectivity index is 0.000000300. The zero-order chi connectivity index (χ0) is 20.4. The monoisotopic (exact) mass is 381 g/mol. The summed E-state index contributed by atoms with van der Waals surface area (Å²) < 4.78 is 0. The van der Waals surface area contributed by atoms with Crippen LogP contribution in [0.15, 0.2) is 72.8 Å². The Labute approximate surface area is 165 Å². The Bertz CT molecular complexity index is 731. The summed E-state index contributed by atoms with van der Waals surface area (Å²) in [6, 6.07) is 22.0. The van der Waals surface area contributed by atoms with Crippen LogP contribution in [0.3, 0.4) is 0 Å². The summed E-state index contributed by atoms with van der Waals surface area (Å²) in [5.74, 6) is -1.87. The first kappa shape index (κ1) is 21.4. The molecular weight excluding hydrogens is 354 g/mol. The van der Waals surface area contributed by atoms with Crippen molar-refractivity contribution in [1.29, 1.82) is 0 Å². The van der Waals surface area contributed by atoms with Gasteiger partial charge in [-0.3, -0.25) is 0 Å². The van der Waals surface area contributed by atoms with Gasteiger partial charge in [-0.15, -0.1) is 0 Å². The molecule has 0 spiro atoms. The summed E-state index contributed by atoms with van der Waals surface area (Å²) in [5, 5.41) is 15.6. The second kappa shape index (κ2) is 10.4. The van der Waals surface area contributed by atoms with Crippen LogP contribution < -0.4 is 5.73 Å². The molecule has 148 valence electrons. The van der Waals surface area contributed by atoms with Gasteiger partial charge in [0.05, 0.1) is 0 Å². The van der Waals surface area contributed by atoms with Gasteiger partial charge in [0.2, 0.25) is 0 Å². The molecule has 28 heavy (non-hydrogen) atoms. The second-order valence-corrected chi connectivity index (χ2v) is 7.02. The first-order valence-electron chi connectivity index (χ1n) is 9.43. The van der Waals surface area contributed by atoms with Crippen molar-refractivity contribution in [3.63, 3.8) is 0 Å². The zero-order valence-electron chi connectivity index (χ0n) is 15.8. The summed E-state index contributed by atoms with van der Waals surface area (Å²) in [7, 11) is 0. The molecule has 5 heteroatoms. The fourth-order valence-corrected chi connectivity index (χ4v) is 3.94. The Kier molecular flexibility index (Phi) is 7.96. The van der Waals surface area contributed by atoms with Crippen molar-refractivity contribution in [2.45, 2.75) is 31.1 Å². The van der Waals surface area contributed by atoms with Crippen molar-refractivity contribution in [3.05, 3.63) is 83.9 Å². The lowest BCUT2D eigenvalue weighted by molar-refractivity contribution is -0.134. The molecule has 1 aliphatic rings. The molecule has 5 nitrogen and oxygen atoms in total. The molecule has 3 rings (SSSR count). The fraction of sp³-hybridized carbons (Fsp3) is 0.304. The van der Waals surface area contributed by atoms with E-state index in [1.54, 1.807) is 0 Å². The van der Waals surface area contributed by atoms with Gasteiger partial charge in [0.25, 0.3) is 0 Å². The van der Waals surface area contributed by atoms with E-state index in [4.69, 9.17) is 15.9 Å². The maximum atomic E-state index is 9.55. The van der Waals surface area contributed by atoms with Crippen molar-refractivity contribution in [1.82, 2.24) is 0 Å². The number of nitrogens with two attached hydrogens (primary N) is 1. The molecule has 1 fully saturated rings. The molecular formula is C23H27NO4. The van der Waals surface area contributed by atoms with Crippen molar-refractivity contribution in [2.75, 3.05) is 6.54 Å². The van der Waals surface area contributed by atoms with Crippen LogP contribution in [0.4, 0.5) is 0 Å². The largest absolute Gasteiger partial charge is 0.478 e. The Morgan fingerprint density at radius 2 is 1.39 bits per heavy atom. The molecule has 1 atom stereocenters. The van der Waals surface area contributed by atoms with Crippen LogP contribution in [0.5, 0.6) is 0 Å². The lowest BCUT2D eigenvalue weighted by Crippen LogP contribution is -2.36. The third kappa shape index (κ3) is 5.79. The molecule has 0 aromatic heterocycles. The third-order valence-corrected chi connectivity index (χ3v) is 5.21. The fourth-order valence-electron chi connectivity index (χ4n) is 3.94. The number of hydrogen-bond donors (Lipinski definition) is 3. The van der Waals surface area contributed by atoms with Gasteiger partial charge in [0, 0.05) is 17.6 Å². The quantitative estimate of drug-likeness (QED) is 0.683. The topological polar surface area (TPSA) is 101 Å². The SMILES string of the molecule is NCC1CCCC(c2ccccc2)(c2ccccc2)C1.O=C(O)/C=C\C(=O)O. The van der Waals surface area contributed by atoms with E-state index in [2.05, 4.69) is 60.7 Å². The highest BCUT2D eigenvalue weighted by Gasteiger charge is 2.38. The normalized spacial score (nSPS) is 18.1. The van der Waals surface area contributed by atoms with Crippen molar-refractivity contribution in [2.24, 2.45) is 11.7 Å². The van der Waals surface area contributed by atoms with E-state index in [9.17, 15) is 9.59 Å². The third-order valence-electron chi connectivity index (χ3n) is 5.21. The summed E-state index contributed by atoms with van der Waals surface area (Å²) in [6.45, 7) is 0.807. The maximum absolute atomic E-state index is 9.55. The van der Waals surface area contributed by atoms with Crippen molar-refractivity contribution in [3.8, 4) is 0 Å². The van der Waals surface area contributed by atoms with Crippen LogP contribution in [0.25, 0.3) is 0 Å². The average Bonchev–Trinajstić information content (AvgIpc) is 2.74. The molecule has 0 aliphatic heterocycles. The van der Waals surface area contributed by atoms with Crippen LogP contribution in [-0.2, 0) is 15.0 Å². The predicted octanol–water partition coefficient (Wildman–Crippen LogP) is 3.83. The first-order chi connectivity index (χ1) is 13.5.